The van der Waals surface area contributed by atoms with Crippen molar-refractivity contribution in [1.29, 1.82) is 0 Å². The van der Waals surface area contributed by atoms with E-state index in [1.165, 1.54) is 11.3 Å². The molecular formula is C14H23N3O2S2. The number of anilines is 2. The van der Waals surface area contributed by atoms with Crippen molar-refractivity contribution in [1.82, 2.24) is 5.32 Å². The Hall–Kier alpha value is -0.920. The van der Waals surface area contributed by atoms with E-state index in [2.05, 4.69) is 10.2 Å². The molecule has 5 nitrogen and oxygen atoms in total. The van der Waals surface area contributed by atoms with Crippen molar-refractivity contribution in [2.45, 2.75) is 18.2 Å². The first-order valence-corrected chi connectivity index (χ1v) is 9.14. The predicted octanol–water partition coefficient (Wildman–Crippen LogP) is 2.27. The summed E-state index contributed by atoms with van der Waals surface area (Å²) in [6.07, 6.45) is 3.13. The number of hydrogen-bond acceptors (Lipinski definition) is 6. The van der Waals surface area contributed by atoms with Crippen molar-refractivity contribution >= 4 is 39.7 Å². The smallest absolute Gasteiger partial charge is 0.263 e. The van der Waals surface area contributed by atoms with Gasteiger partial charge in [0.05, 0.1) is 17.2 Å². The number of rotatable bonds is 6. The fourth-order valence-corrected chi connectivity index (χ4v) is 4.75. The number of methoxy groups -OCH3 is 1. The Bertz CT molecular complexity index is 505. The minimum absolute atomic E-state index is 0.0748. The molecule has 21 heavy (non-hydrogen) atoms. The van der Waals surface area contributed by atoms with Gasteiger partial charge >= 0.3 is 0 Å². The van der Waals surface area contributed by atoms with Gasteiger partial charge in [0.15, 0.2) is 0 Å². The zero-order valence-corrected chi connectivity index (χ0v) is 14.4. The summed E-state index contributed by atoms with van der Waals surface area (Å²) >= 11 is 3.12. The number of thioether (sulfide) groups is 1. The number of nitrogens with zero attached hydrogens (tertiary/aromatic N) is 1. The maximum Gasteiger partial charge on any atom is 0.263 e. The second-order valence-electron chi connectivity index (χ2n) is 5.10. The van der Waals surface area contributed by atoms with Crippen molar-refractivity contribution in [2.24, 2.45) is 5.92 Å². The van der Waals surface area contributed by atoms with E-state index in [4.69, 9.17) is 10.5 Å². The van der Waals surface area contributed by atoms with Crippen molar-refractivity contribution in [3.63, 3.8) is 0 Å². The maximum atomic E-state index is 12.1. The van der Waals surface area contributed by atoms with Gasteiger partial charge in [-0.25, -0.2) is 0 Å². The van der Waals surface area contributed by atoms with Gasteiger partial charge in [0.25, 0.3) is 5.91 Å². The van der Waals surface area contributed by atoms with E-state index < -0.39 is 0 Å². The van der Waals surface area contributed by atoms with Crippen LogP contribution in [0.15, 0.2) is 4.90 Å². The summed E-state index contributed by atoms with van der Waals surface area (Å²) in [6.45, 7) is 5.27. The van der Waals surface area contributed by atoms with E-state index in [0.717, 1.165) is 36.0 Å². The predicted molar refractivity (Wildman–Crippen MR) is 90.7 cm³/mol. The number of thiophene rings is 1. The molecule has 0 saturated carbocycles. The fourth-order valence-electron chi connectivity index (χ4n) is 2.62. The molecule has 0 aromatic carbocycles. The second-order valence-corrected chi connectivity index (χ2v) is 6.91. The molecule has 1 amide bonds. The zero-order valence-electron chi connectivity index (χ0n) is 12.8. The van der Waals surface area contributed by atoms with Crippen molar-refractivity contribution in [2.75, 3.05) is 50.2 Å². The molecular weight excluding hydrogens is 306 g/mol. The normalized spacial score (nSPS) is 18.2. The zero-order chi connectivity index (χ0) is 15.4. The molecule has 2 heterocycles. The SMILES string of the molecule is CCNC(=O)c1sc(N2CCC(COC)C2)c(SC)c1N. The first-order valence-electron chi connectivity index (χ1n) is 7.10. The molecule has 0 radical (unpaired) electrons. The van der Waals surface area contributed by atoms with E-state index in [9.17, 15) is 4.79 Å². The topological polar surface area (TPSA) is 67.6 Å². The molecule has 1 saturated heterocycles. The Morgan fingerprint density at radius 2 is 2.38 bits per heavy atom. The Morgan fingerprint density at radius 3 is 3.00 bits per heavy atom. The highest BCUT2D eigenvalue weighted by Gasteiger charge is 2.29. The number of nitrogens with one attached hydrogen (secondary N) is 1. The van der Waals surface area contributed by atoms with E-state index in [-0.39, 0.29) is 5.91 Å². The van der Waals surface area contributed by atoms with Crippen molar-refractivity contribution in [3.05, 3.63) is 4.88 Å². The third kappa shape index (κ3) is 3.46. The molecule has 0 bridgehead atoms. The molecule has 1 aromatic heterocycles. The third-order valence-electron chi connectivity index (χ3n) is 3.61. The van der Waals surface area contributed by atoms with Gasteiger partial charge in [-0.2, -0.15) is 0 Å². The number of nitrogen functional groups attached to an aromatic ring is 1. The highest BCUT2D eigenvalue weighted by molar-refractivity contribution is 7.99. The van der Waals surface area contributed by atoms with Gasteiger partial charge in [0.1, 0.15) is 9.88 Å². The lowest BCUT2D eigenvalue weighted by Gasteiger charge is -2.18. The molecule has 7 heteroatoms. The third-order valence-corrected chi connectivity index (χ3v) is 5.82. The van der Waals surface area contributed by atoms with Crippen LogP contribution in [0.25, 0.3) is 0 Å². The van der Waals surface area contributed by atoms with Crippen LogP contribution < -0.4 is 16.0 Å². The van der Waals surface area contributed by atoms with E-state index >= 15 is 0 Å². The molecule has 1 unspecified atom stereocenters. The summed E-state index contributed by atoms with van der Waals surface area (Å²) < 4.78 is 5.25. The second kappa shape index (κ2) is 7.38. The Morgan fingerprint density at radius 1 is 1.62 bits per heavy atom. The quantitative estimate of drug-likeness (QED) is 0.784. The van der Waals surface area contributed by atoms with E-state index in [1.807, 2.05) is 13.2 Å². The van der Waals surface area contributed by atoms with Crippen molar-refractivity contribution in [3.8, 4) is 0 Å². The average molecular weight is 329 g/mol. The first kappa shape index (κ1) is 16.5. The average Bonchev–Trinajstić information content (AvgIpc) is 3.03. The number of hydrogen-bond donors (Lipinski definition) is 2. The van der Waals surface area contributed by atoms with Crippen LogP contribution in [0.1, 0.15) is 23.0 Å². The number of carbonyl (C=O) groups is 1. The van der Waals surface area contributed by atoms with Gasteiger partial charge in [-0.15, -0.1) is 23.1 Å². The van der Waals surface area contributed by atoms with Crippen LogP contribution in [0.2, 0.25) is 0 Å². The van der Waals surface area contributed by atoms with Gasteiger partial charge < -0.3 is 20.7 Å². The molecule has 1 atom stereocenters. The van der Waals surface area contributed by atoms with Crippen LogP contribution >= 0.6 is 23.1 Å². The fraction of sp³-hybridized carbons (Fsp3) is 0.643. The molecule has 2 rings (SSSR count). The number of ether oxygens (including phenoxy) is 1. The van der Waals surface area contributed by atoms with Crippen LogP contribution in [0.5, 0.6) is 0 Å². The summed E-state index contributed by atoms with van der Waals surface area (Å²) in [5.41, 5.74) is 6.80. The van der Waals surface area contributed by atoms with Crippen LogP contribution in [-0.4, -0.2) is 45.5 Å². The van der Waals surface area contributed by atoms with Crippen molar-refractivity contribution < 1.29 is 9.53 Å². The number of carbonyl (C=O) groups excluding carboxylic acids is 1. The molecule has 118 valence electrons. The summed E-state index contributed by atoms with van der Waals surface area (Å²) in [5, 5.41) is 3.96. The molecule has 1 aliphatic rings. The van der Waals surface area contributed by atoms with Crippen LogP contribution in [0.3, 0.4) is 0 Å². The standard InChI is InChI=1S/C14H23N3O2S2/c1-4-16-13(18)11-10(15)12(20-3)14(21-11)17-6-5-9(7-17)8-19-2/h9H,4-8,15H2,1-3H3,(H,16,18). The minimum Gasteiger partial charge on any atom is -0.396 e. The first-order chi connectivity index (χ1) is 10.1. The van der Waals surface area contributed by atoms with Gasteiger partial charge in [-0.05, 0) is 19.6 Å². The Kier molecular flexibility index (Phi) is 5.78. The summed E-state index contributed by atoms with van der Waals surface area (Å²) in [4.78, 5) is 16.1. The monoisotopic (exact) mass is 329 g/mol. The maximum absolute atomic E-state index is 12.1. The minimum atomic E-state index is -0.0748. The van der Waals surface area contributed by atoms with Gasteiger partial charge in [0, 0.05) is 32.7 Å². The van der Waals surface area contributed by atoms with Gasteiger partial charge in [-0.3, -0.25) is 4.79 Å². The highest BCUT2D eigenvalue weighted by Crippen LogP contribution is 2.45. The molecule has 3 N–H and O–H groups in total. The molecule has 1 aliphatic heterocycles. The lowest BCUT2D eigenvalue weighted by molar-refractivity contribution is 0.0960. The summed E-state index contributed by atoms with van der Waals surface area (Å²) in [5.74, 6) is 0.482. The Balaban J connectivity index is 2.23. The number of amides is 1. The molecule has 0 aliphatic carbocycles. The molecule has 1 aromatic rings. The van der Waals surface area contributed by atoms with Gasteiger partial charge in [-0.1, -0.05) is 0 Å². The van der Waals surface area contributed by atoms with Crippen LogP contribution in [0, 0.1) is 5.92 Å². The van der Waals surface area contributed by atoms with E-state index in [1.54, 1.807) is 18.9 Å². The molecule has 1 fully saturated rings. The summed E-state index contributed by atoms with van der Waals surface area (Å²) in [6, 6.07) is 0. The molecule has 0 spiro atoms. The van der Waals surface area contributed by atoms with Gasteiger partial charge in [0.2, 0.25) is 0 Å². The van der Waals surface area contributed by atoms with Crippen LogP contribution in [0.4, 0.5) is 10.7 Å². The highest BCUT2D eigenvalue weighted by atomic mass is 32.2. The lowest BCUT2D eigenvalue weighted by atomic mass is 10.1. The largest absolute Gasteiger partial charge is 0.396 e. The van der Waals surface area contributed by atoms with E-state index in [0.29, 0.717) is 23.0 Å². The van der Waals surface area contributed by atoms with Crippen LogP contribution in [-0.2, 0) is 4.74 Å². The number of nitrogens with two attached hydrogens (primary N) is 1. The Labute approximate surface area is 134 Å². The summed E-state index contributed by atoms with van der Waals surface area (Å²) in [7, 11) is 1.74. The lowest BCUT2D eigenvalue weighted by Crippen LogP contribution is -2.22.